The van der Waals surface area contributed by atoms with Gasteiger partial charge in [-0.1, -0.05) is 106 Å². The summed E-state index contributed by atoms with van der Waals surface area (Å²) in [6.07, 6.45) is 11.8. The van der Waals surface area contributed by atoms with Crippen LogP contribution in [0.5, 0.6) is 0 Å². The fourth-order valence-electron chi connectivity index (χ4n) is 6.24. The van der Waals surface area contributed by atoms with Gasteiger partial charge in [0.05, 0.1) is 0 Å². The lowest BCUT2D eigenvalue weighted by molar-refractivity contribution is 0.954. The Kier molecular flexibility index (Phi) is 8.48. The predicted molar refractivity (Wildman–Crippen MR) is 196 cm³/mol. The van der Waals surface area contributed by atoms with Gasteiger partial charge in [0.15, 0.2) is 0 Å². The number of allylic oxidation sites excluding steroid dienone is 4. The highest BCUT2D eigenvalue weighted by molar-refractivity contribution is 5.86. The van der Waals surface area contributed by atoms with Gasteiger partial charge in [0.25, 0.3) is 0 Å². The van der Waals surface area contributed by atoms with Gasteiger partial charge in [-0.2, -0.15) is 0 Å². The van der Waals surface area contributed by atoms with Crippen molar-refractivity contribution in [3.05, 3.63) is 187 Å². The van der Waals surface area contributed by atoms with Crippen molar-refractivity contribution in [3.8, 4) is 11.1 Å². The van der Waals surface area contributed by atoms with E-state index in [4.69, 9.17) is 0 Å². The lowest BCUT2D eigenvalue weighted by atomic mass is 9.98. The minimum Gasteiger partial charge on any atom is -0.311 e. The van der Waals surface area contributed by atoms with Gasteiger partial charge in [0.1, 0.15) is 0 Å². The number of rotatable bonds is 10. The van der Waals surface area contributed by atoms with E-state index in [9.17, 15) is 0 Å². The molecule has 1 aliphatic carbocycles. The Hall–Kier alpha value is -5.60. The van der Waals surface area contributed by atoms with E-state index in [1.54, 1.807) is 0 Å². The van der Waals surface area contributed by atoms with Gasteiger partial charge in [0, 0.05) is 40.1 Å². The predicted octanol–water partition coefficient (Wildman–Crippen LogP) is 12.4. The van der Waals surface area contributed by atoms with Crippen molar-refractivity contribution in [1.29, 1.82) is 0 Å². The summed E-state index contributed by atoms with van der Waals surface area (Å²) in [6, 6.07) is 41.4. The number of hydrogen-bond donors (Lipinski definition) is 0. The van der Waals surface area contributed by atoms with Crippen molar-refractivity contribution in [2.24, 2.45) is 0 Å². The second kappa shape index (κ2) is 13.0. The molecule has 0 amide bonds. The van der Waals surface area contributed by atoms with Gasteiger partial charge in [-0.15, -0.1) is 0 Å². The molecule has 6 rings (SSSR count). The molecule has 0 saturated carbocycles. The summed E-state index contributed by atoms with van der Waals surface area (Å²) in [5, 5.41) is 0. The third kappa shape index (κ3) is 5.71. The summed E-state index contributed by atoms with van der Waals surface area (Å²) in [6.45, 7) is 16.2. The minimum absolute atomic E-state index is 0.231. The van der Waals surface area contributed by atoms with Crippen LogP contribution in [0, 0.1) is 0 Å². The lowest BCUT2D eigenvalue weighted by Gasteiger charge is -2.27. The van der Waals surface area contributed by atoms with E-state index in [-0.39, 0.29) is 5.92 Å². The Morgan fingerprint density at radius 1 is 0.600 bits per heavy atom. The van der Waals surface area contributed by atoms with E-state index in [0.29, 0.717) is 0 Å². The first kappa shape index (κ1) is 29.5. The normalized spacial score (nSPS) is 13.6. The zero-order valence-electron chi connectivity index (χ0n) is 26.0. The first-order valence-corrected chi connectivity index (χ1v) is 15.4. The summed E-state index contributed by atoms with van der Waals surface area (Å²) in [4.78, 5) is 4.62. The Morgan fingerprint density at radius 2 is 1.11 bits per heavy atom. The standard InChI is InChI=1S/C43H38N2/c1-6-13-34(14-7-2)44(36-21-17-32(8-3)18-22-36)38-25-27-40-41-28-26-39(30-43(41)31(5)42(40)29-38)45(35-15-11-10-12-16-35)37-23-19-33(9-4)20-24-37/h6-31H,1,3-4H2,2,5H3/b14-7-,34-13+. The molecule has 2 nitrogen and oxygen atoms in total. The van der Waals surface area contributed by atoms with E-state index >= 15 is 0 Å². The number of hydrogen-bond acceptors (Lipinski definition) is 2. The van der Waals surface area contributed by atoms with Gasteiger partial charge in [0.2, 0.25) is 0 Å². The molecular formula is C43H38N2. The van der Waals surface area contributed by atoms with Gasteiger partial charge in [-0.05, 0) is 113 Å². The zero-order valence-corrected chi connectivity index (χ0v) is 26.0. The first-order valence-electron chi connectivity index (χ1n) is 15.4. The molecule has 0 saturated heterocycles. The molecule has 0 spiro atoms. The summed E-state index contributed by atoms with van der Waals surface area (Å²) in [5.41, 5.74) is 14.0. The second-order valence-electron chi connectivity index (χ2n) is 11.2. The Labute approximate surface area is 267 Å². The highest BCUT2D eigenvalue weighted by Crippen LogP contribution is 2.49. The summed E-state index contributed by atoms with van der Waals surface area (Å²) in [7, 11) is 0. The van der Waals surface area contributed by atoms with Crippen LogP contribution in [-0.4, -0.2) is 0 Å². The Morgan fingerprint density at radius 3 is 1.67 bits per heavy atom. The van der Waals surface area contributed by atoms with Crippen molar-refractivity contribution < 1.29 is 0 Å². The van der Waals surface area contributed by atoms with Crippen LogP contribution >= 0.6 is 0 Å². The van der Waals surface area contributed by atoms with Crippen molar-refractivity contribution in [3.63, 3.8) is 0 Å². The third-order valence-corrected chi connectivity index (χ3v) is 8.48. The smallest absolute Gasteiger partial charge is 0.0465 e. The van der Waals surface area contributed by atoms with Crippen LogP contribution in [0.15, 0.2) is 165 Å². The molecular weight excluding hydrogens is 544 g/mol. The highest BCUT2D eigenvalue weighted by Gasteiger charge is 2.28. The first-order chi connectivity index (χ1) is 22.1. The number of benzene rings is 5. The number of para-hydroxylation sites is 1. The number of fused-ring (bicyclic) bond motifs is 3. The molecule has 1 atom stereocenters. The van der Waals surface area contributed by atoms with Crippen molar-refractivity contribution in [1.82, 2.24) is 0 Å². The van der Waals surface area contributed by atoms with Crippen LogP contribution in [0.1, 0.15) is 42.0 Å². The summed E-state index contributed by atoms with van der Waals surface area (Å²) in [5.74, 6) is 0.231. The molecule has 45 heavy (non-hydrogen) atoms. The molecule has 5 aromatic rings. The number of nitrogens with zero attached hydrogens (tertiary/aromatic N) is 2. The highest BCUT2D eigenvalue weighted by atomic mass is 15.1. The van der Waals surface area contributed by atoms with E-state index < -0.39 is 0 Å². The van der Waals surface area contributed by atoms with E-state index in [0.717, 1.165) is 45.3 Å². The van der Waals surface area contributed by atoms with E-state index in [1.807, 2.05) is 25.2 Å². The van der Waals surface area contributed by atoms with E-state index in [2.05, 4.69) is 170 Å². The number of anilines is 5. The second-order valence-corrected chi connectivity index (χ2v) is 11.2. The molecule has 0 aromatic heterocycles. The fraction of sp³-hybridized carbons (Fsp3) is 0.0698. The van der Waals surface area contributed by atoms with Crippen molar-refractivity contribution in [2.75, 3.05) is 9.80 Å². The van der Waals surface area contributed by atoms with Gasteiger partial charge >= 0.3 is 0 Å². The van der Waals surface area contributed by atoms with Crippen LogP contribution in [0.25, 0.3) is 23.3 Å². The maximum Gasteiger partial charge on any atom is 0.0465 e. The van der Waals surface area contributed by atoms with Crippen molar-refractivity contribution >= 4 is 40.6 Å². The Balaban J connectivity index is 1.43. The lowest BCUT2D eigenvalue weighted by Crippen LogP contribution is -2.15. The summed E-state index contributed by atoms with van der Waals surface area (Å²) < 4.78 is 0. The minimum atomic E-state index is 0.231. The molecule has 0 bridgehead atoms. The average molecular weight is 583 g/mol. The van der Waals surface area contributed by atoms with E-state index in [1.165, 1.54) is 22.3 Å². The molecule has 2 heteroatoms. The molecule has 0 heterocycles. The topological polar surface area (TPSA) is 6.48 Å². The van der Waals surface area contributed by atoms with Crippen LogP contribution in [0.3, 0.4) is 0 Å². The molecule has 1 unspecified atom stereocenters. The maximum absolute atomic E-state index is 3.99. The quantitative estimate of drug-likeness (QED) is 0.151. The van der Waals surface area contributed by atoms with Crippen LogP contribution in [0.4, 0.5) is 28.4 Å². The molecule has 1 aliphatic rings. The van der Waals surface area contributed by atoms with Gasteiger partial charge in [-0.25, -0.2) is 0 Å². The monoisotopic (exact) mass is 582 g/mol. The molecule has 0 fully saturated rings. The maximum atomic E-state index is 3.99. The average Bonchev–Trinajstić information content (AvgIpc) is 3.36. The van der Waals surface area contributed by atoms with Gasteiger partial charge in [-0.3, -0.25) is 0 Å². The van der Waals surface area contributed by atoms with Crippen molar-refractivity contribution in [2.45, 2.75) is 19.8 Å². The van der Waals surface area contributed by atoms with Crippen LogP contribution < -0.4 is 9.80 Å². The SMILES string of the molecule is C=C/C=C(\C=C/C)N(c1ccc(C=C)cc1)c1ccc2c(c1)C(C)c1cc(N(c3ccccc3)c3ccc(C=C)cc3)ccc1-2. The molecule has 0 aliphatic heterocycles. The third-order valence-electron chi connectivity index (χ3n) is 8.48. The van der Waals surface area contributed by atoms with Gasteiger partial charge < -0.3 is 9.80 Å². The Bertz CT molecular complexity index is 1910. The van der Waals surface area contributed by atoms with Crippen LogP contribution in [-0.2, 0) is 0 Å². The molecule has 0 radical (unpaired) electrons. The largest absolute Gasteiger partial charge is 0.311 e. The fourth-order valence-corrected chi connectivity index (χ4v) is 6.24. The zero-order chi connectivity index (χ0) is 31.3. The van der Waals surface area contributed by atoms with Crippen LogP contribution in [0.2, 0.25) is 0 Å². The summed E-state index contributed by atoms with van der Waals surface area (Å²) >= 11 is 0. The molecule has 5 aromatic carbocycles. The molecule has 0 N–H and O–H groups in total. The molecule has 220 valence electrons.